The van der Waals surface area contributed by atoms with Crippen LogP contribution in [0.15, 0.2) is 0 Å². The van der Waals surface area contributed by atoms with Gasteiger partial charge < -0.3 is 15.8 Å². The highest BCUT2D eigenvalue weighted by Crippen LogP contribution is 2.17. The van der Waals surface area contributed by atoms with E-state index in [-0.39, 0.29) is 5.91 Å². The Bertz CT molecular complexity index is 212. The number of β-lactam (4-membered cyclic amide) rings is 1. The molecular weight excluding hydrogens is 148 g/mol. The molecule has 0 bridgehead atoms. The summed E-state index contributed by atoms with van der Waals surface area (Å²) in [4.78, 5) is 21.1. The SMILES string of the molecule is CC(=O)O[C@@H]1NC(=O)[C@@]1(C)N. The maximum absolute atomic E-state index is 10.7. The minimum absolute atomic E-state index is 0.302. The van der Waals surface area contributed by atoms with E-state index < -0.39 is 17.7 Å². The molecule has 5 nitrogen and oxygen atoms in total. The molecule has 1 amide bonds. The number of hydrogen-bond acceptors (Lipinski definition) is 4. The van der Waals surface area contributed by atoms with Crippen LogP contribution in [0.3, 0.4) is 0 Å². The summed E-state index contributed by atoms with van der Waals surface area (Å²) in [6.07, 6.45) is -0.674. The van der Waals surface area contributed by atoms with E-state index >= 15 is 0 Å². The van der Waals surface area contributed by atoms with E-state index in [1.807, 2.05) is 0 Å². The molecule has 62 valence electrons. The summed E-state index contributed by atoms with van der Waals surface area (Å²) in [6.45, 7) is 2.78. The molecule has 0 aliphatic carbocycles. The predicted molar refractivity (Wildman–Crippen MR) is 36.3 cm³/mol. The van der Waals surface area contributed by atoms with Crippen molar-refractivity contribution in [3.8, 4) is 0 Å². The summed E-state index contributed by atoms with van der Waals surface area (Å²) in [7, 11) is 0. The molecule has 1 heterocycles. The number of esters is 1. The van der Waals surface area contributed by atoms with Crippen molar-refractivity contribution in [1.82, 2.24) is 5.32 Å². The van der Waals surface area contributed by atoms with Gasteiger partial charge in [-0.05, 0) is 6.92 Å². The molecule has 11 heavy (non-hydrogen) atoms. The molecule has 0 aromatic heterocycles. The van der Waals surface area contributed by atoms with Crippen LogP contribution in [0.5, 0.6) is 0 Å². The Morgan fingerprint density at radius 3 is 2.64 bits per heavy atom. The Kier molecular flexibility index (Phi) is 1.60. The number of hydrogen-bond donors (Lipinski definition) is 2. The summed E-state index contributed by atoms with van der Waals surface area (Å²) in [5.74, 6) is -0.754. The van der Waals surface area contributed by atoms with Gasteiger partial charge in [-0.1, -0.05) is 0 Å². The van der Waals surface area contributed by atoms with Crippen molar-refractivity contribution in [2.24, 2.45) is 5.73 Å². The highest BCUT2D eigenvalue weighted by molar-refractivity contribution is 5.93. The predicted octanol–water partition coefficient (Wildman–Crippen LogP) is -1.28. The highest BCUT2D eigenvalue weighted by Gasteiger charge is 2.50. The lowest BCUT2D eigenvalue weighted by Crippen LogP contribution is -2.76. The van der Waals surface area contributed by atoms with Gasteiger partial charge in [0.05, 0.1) is 0 Å². The molecule has 2 atom stereocenters. The molecule has 0 spiro atoms. The van der Waals surface area contributed by atoms with Gasteiger partial charge in [0, 0.05) is 6.92 Å². The van der Waals surface area contributed by atoms with Crippen LogP contribution in [0.1, 0.15) is 13.8 Å². The summed E-state index contributed by atoms with van der Waals surface area (Å²) >= 11 is 0. The average molecular weight is 158 g/mol. The van der Waals surface area contributed by atoms with Gasteiger partial charge in [-0.15, -0.1) is 0 Å². The van der Waals surface area contributed by atoms with Crippen LogP contribution in [-0.2, 0) is 14.3 Å². The van der Waals surface area contributed by atoms with E-state index in [0.717, 1.165) is 0 Å². The zero-order valence-electron chi connectivity index (χ0n) is 6.38. The first-order chi connectivity index (χ1) is 4.94. The lowest BCUT2D eigenvalue weighted by atomic mass is 9.92. The Labute approximate surface area is 63.9 Å². The second-order valence-corrected chi connectivity index (χ2v) is 2.75. The zero-order valence-corrected chi connectivity index (χ0v) is 6.38. The van der Waals surface area contributed by atoms with Crippen LogP contribution >= 0.6 is 0 Å². The molecule has 1 fully saturated rings. The molecule has 3 N–H and O–H groups in total. The van der Waals surface area contributed by atoms with Crippen molar-refractivity contribution in [2.75, 3.05) is 0 Å². The monoisotopic (exact) mass is 158 g/mol. The number of nitrogens with two attached hydrogens (primary N) is 1. The maximum atomic E-state index is 10.7. The van der Waals surface area contributed by atoms with Gasteiger partial charge in [-0.2, -0.15) is 0 Å². The number of nitrogens with one attached hydrogen (secondary N) is 1. The van der Waals surface area contributed by atoms with Gasteiger partial charge in [0.1, 0.15) is 5.54 Å². The van der Waals surface area contributed by atoms with Crippen LogP contribution in [-0.4, -0.2) is 23.6 Å². The molecular formula is C6H10N2O3. The Hall–Kier alpha value is -1.10. The van der Waals surface area contributed by atoms with E-state index in [1.165, 1.54) is 13.8 Å². The Balaban J connectivity index is 2.53. The van der Waals surface area contributed by atoms with Crippen molar-refractivity contribution in [1.29, 1.82) is 0 Å². The lowest BCUT2D eigenvalue weighted by molar-refractivity contribution is -0.168. The number of carbonyl (C=O) groups excluding carboxylic acids is 2. The van der Waals surface area contributed by atoms with Crippen LogP contribution in [0.25, 0.3) is 0 Å². The molecule has 5 heteroatoms. The van der Waals surface area contributed by atoms with Crippen LogP contribution < -0.4 is 11.1 Å². The average Bonchev–Trinajstić information content (AvgIpc) is 1.87. The first-order valence-corrected chi connectivity index (χ1v) is 3.21. The smallest absolute Gasteiger partial charge is 0.304 e. The Morgan fingerprint density at radius 2 is 2.36 bits per heavy atom. The van der Waals surface area contributed by atoms with Gasteiger partial charge in [-0.25, -0.2) is 0 Å². The van der Waals surface area contributed by atoms with Gasteiger partial charge in [-0.3, -0.25) is 9.59 Å². The third-order valence-electron chi connectivity index (χ3n) is 1.58. The van der Waals surface area contributed by atoms with E-state index in [9.17, 15) is 9.59 Å². The number of rotatable bonds is 1. The zero-order chi connectivity index (χ0) is 8.65. The normalized spacial score (nSPS) is 35.5. The van der Waals surface area contributed by atoms with Crippen molar-refractivity contribution in [3.63, 3.8) is 0 Å². The van der Waals surface area contributed by atoms with Crippen molar-refractivity contribution < 1.29 is 14.3 Å². The third-order valence-corrected chi connectivity index (χ3v) is 1.58. The molecule has 1 aliphatic heterocycles. The minimum Gasteiger partial charge on any atom is -0.439 e. The first-order valence-electron chi connectivity index (χ1n) is 3.21. The van der Waals surface area contributed by atoms with Gasteiger partial charge in [0.15, 0.2) is 0 Å². The van der Waals surface area contributed by atoms with E-state index in [0.29, 0.717) is 0 Å². The molecule has 1 saturated heterocycles. The van der Waals surface area contributed by atoms with Crippen LogP contribution in [0, 0.1) is 0 Å². The molecule has 0 unspecified atom stereocenters. The van der Waals surface area contributed by atoms with Crippen LogP contribution in [0.2, 0.25) is 0 Å². The largest absolute Gasteiger partial charge is 0.439 e. The summed E-state index contributed by atoms with van der Waals surface area (Å²) in [5.41, 5.74) is 4.40. The summed E-state index contributed by atoms with van der Waals surface area (Å²) in [5, 5.41) is 2.36. The molecule has 0 aromatic carbocycles. The number of carbonyl (C=O) groups is 2. The molecule has 0 aromatic rings. The molecule has 1 aliphatic rings. The minimum atomic E-state index is -1.06. The topological polar surface area (TPSA) is 81.4 Å². The van der Waals surface area contributed by atoms with E-state index in [4.69, 9.17) is 5.73 Å². The second-order valence-electron chi connectivity index (χ2n) is 2.75. The third kappa shape index (κ3) is 1.19. The molecule has 0 saturated carbocycles. The van der Waals surface area contributed by atoms with Gasteiger partial charge in [0.2, 0.25) is 12.1 Å². The number of ether oxygens (including phenoxy) is 1. The summed E-state index contributed by atoms with van der Waals surface area (Å²) in [6, 6.07) is 0. The van der Waals surface area contributed by atoms with E-state index in [1.54, 1.807) is 0 Å². The Morgan fingerprint density at radius 1 is 1.82 bits per heavy atom. The standard InChI is InChI=1S/C6H10N2O3/c1-3(9)11-5-6(2,7)4(10)8-5/h5H,7H2,1-2H3,(H,8,10)/t5-,6+/m0/s1. The quantitative estimate of drug-likeness (QED) is 0.368. The highest BCUT2D eigenvalue weighted by atomic mass is 16.6. The number of amides is 1. The maximum Gasteiger partial charge on any atom is 0.304 e. The fourth-order valence-corrected chi connectivity index (χ4v) is 0.784. The lowest BCUT2D eigenvalue weighted by Gasteiger charge is -2.41. The van der Waals surface area contributed by atoms with Crippen molar-refractivity contribution in [2.45, 2.75) is 25.6 Å². The van der Waals surface area contributed by atoms with Gasteiger partial charge in [0.25, 0.3) is 0 Å². The second kappa shape index (κ2) is 2.20. The van der Waals surface area contributed by atoms with Crippen LogP contribution in [0.4, 0.5) is 0 Å². The molecule has 0 radical (unpaired) electrons. The molecule has 1 rings (SSSR count). The summed E-state index contributed by atoms with van der Waals surface area (Å²) < 4.78 is 4.68. The van der Waals surface area contributed by atoms with Crippen molar-refractivity contribution in [3.05, 3.63) is 0 Å². The fraction of sp³-hybridized carbons (Fsp3) is 0.667. The van der Waals surface area contributed by atoms with Crippen molar-refractivity contribution >= 4 is 11.9 Å². The van der Waals surface area contributed by atoms with Gasteiger partial charge >= 0.3 is 5.97 Å². The fourth-order valence-electron chi connectivity index (χ4n) is 0.784. The first kappa shape index (κ1) is 8.00. The van der Waals surface area contributed by atoms with E-state index in [2.05, 4.69) is 10.1 Å².